The molecule has 18 heavy (non-hydrogen) atoms. The van der Waals surface area contributed by atoms with Crippen molar-refractivity contribution >= 4 is 22.2 Å². The quantitative estimate of drug-likeness (QED) is 0.891. The lowest BCUT2D eigenvalue weighted by molar-refractivity contribution is 0.0792. The van der Waals surface area contributed by atoms with Crippen molar-refractivity contribution in [3.8, 4) is 0 Å². The van der Waals surface area contributed by atoms with Crippen LogP contribution in [0, 0.1) is 0 Å². The molecule has 0 bridgehead atoms. The van der Waals surface area contributed by atoms with Crippen LogP contribution in [0.5, 0.6) is 0 Å². The zero-order valence-corrected chi connectivity index (χ0v) is 11.2. The molecule has 1 aromatic rings. The second-order valence-corrected chi connectivity index (χ2v) is 5.90. The summed E-state index contributed by atoms with van der Waals surface area (Å²) in [4.78, 5) is 14.4. The van der Waals surface area contributed by atoms with Gasteiger partial charge in [0.25, 0.3) is 5.91 Å². The summed E-state index contributed by atoms with van der Waals surface area (Å²) < 4.78 is 5.42. The normalized spacial score (nSPS) is 23.8. The number of ether oxygens (including phenoxy) is 1. The largest absolute Gasteiger partial charge is 0.390 e. The van der Waals surface area contributed by atoms with Crippen LogP contribution in [0.2, 0.25) is 0 Å². The highest BCUT2D eigenvalue weighted by Gasteiger charge is 2.29. The predicted molar refractivity (Wildman–Crippen MR) is 72.0 cm³/mol. The van der Waals surface area contributed by atoms with E-state index in [1.807, 2.05) is 10.3 Å². The summed E-state index contributed by atoms with van der Waals surface area (Å²) in [5.41, 5.74) is 7.86. The van der Waals surface area contributed by atoms with E-state index < -0.39 is 0 Å². The Hall–Kier alpha value is -1.07. The smallest absolute Gasteiger partial charge is 0.257 e. The summed E-state index contributed by atoms with van der Waals surface area (Å²) in [6, 6.07) is 0. The summed E-state index contributed by atoms with van der Waals surface area (Å²) in [6.45, 7) is 3.25. The predicted octanol–water partition coefficient (Wildman–Crippen LogP) is 2.07. The minimum absolute atomic E-state index is 0.119. The number of nitrogens with two attached hydrogens (primary N) is 1. The van der Waals surface area contributed by atoms with Crippen LogP contribution < -0.4 is 5.73 Å². The van der Waals surface area contributed by atoms with E-state index in [1.165, 1.54) is 11.3 Å². The van der Waals surface area contributed by atoms with E-state index in [1.54, 1.807) is 0 Å². The Morgan fingerprint density at radius 3 is 2.89 bits per heavy atom. The molecule has 2 saturated heterocycles. The van der Waals surface area contributed by atoms with E-state index >= 15 is 0 Å². The maximum atomic E-state index is 12.5. The van der Waals surface area contributed by atoms with Crippen LogP contribution in [0.25, 0.3) is 0 Å². The van der Waals surface area contributed by atoms with Crippen molar-refractivity contribution in [1.29, 1.82) is 0 Å². The molecule has 2 N–H and O–H groups in total. The summed E-state index contributed by atoms with van der Waals surface area (Å²) in [7, 11) is 0. The first kappa shape index (κ1) is 12.0. The molecule has 1 amide bonds. The summed E-state index contributed by atoms with van der Waals surface area (Å²) in [6.07, 6.45) is 3.21. The molecule has 1 aromatic heterocycles. The zero-order chi connectivity index (χ0) is 12.5. The van der Waals surface area contributed by atoms with E-state index in [-0.39, 0.29) is 5.91 Å². The first-order chi connectivity index (χ1) is 8.77. The Labute approximate surface area is 111 Å². The van der Waals surface area contributed by atoms with Gasteiger partial charge in [-0.3, -0.25) is 4.79 Å². The number of thiophene rings is 1. The standard InChI is InChI=1S/C13H18N2O2S/c14-12-11(13(16)15-4-1-2-5-15)10(8-18-12)9-3-6-17-7-9/h8-9H,1-7,14H2. The average Bonchev–Trinajstić information content (AvgIpc) is 3.10. The third-order valence-corrected chi connectivity index (χ3v) is 4.65. The van der Waals surface area contributed by atoms with Crippen LogP contribution in [0.15, 0.2) is 5.38 Å². The van der Waals surface area contributed by atoms with Crippen LogP contribution in [0.4, 0.5) is 5.00 Å². The van der Waals surface area contributed by atoms with Crippen LogP contribution in [-0.2, 0) is 4.74 Å². The van der Waals surface area contributed by atoms with E-state index in [0.29, 0.717) is 10.9 Å². The monoisotopic (exact) mass is 266 g/mol. The van der Waals surface area contributed by atoms with Crippen molar-refractivity contribution in [3.05, 3.63) is 16.5 Å². The third kappa shape index (κ3) is 2.01. The number of hydrogen-bond acceptors (Lipinski definition) is 4. The Morgan fingerprint density at radius 2 is 2.22 bits per heavy atom. The Bertz CT molecular complexity index is 446. The molecule has 1 atom stereocenters. The second kappa shape index (κ2) is 4.90. The van der Waals surface area contributed by atoms with Gasteiger partial charge in [-0.2, -0.15) is 0 Å². The lowest BCUT2D eigenvalue weighted by atomic mass is 9.96. The van der Waals surface area contributed by atoms with E-state index in [4.69, 9.17) is 10.5 Å². The molecule has 0 radical (unpaired) electrons. The fourth-order valence-corrected chi connectivity index (χ4v) is 3.66. The Kier molecular flexibility index (Phi) is 3.26. The molecule has 0 aliphatic carbocycles. The third-order valence-electron chi connectivity index (χ3n) is 3.82. The van der Waals surface area contributed by atoms with Crippen LogP contribution in [0.1, 0.15) is 41.1 Å². The average molecular weight is 266 g/mol. The van der Waals surface area contributed by atoms with Crippen molar-refractivity contribution in [2.75, 3.05) is 32.0 Å². The van der Waals surface area contributed by atoms with Crippen LogP contribution >= 0.6 is 11.3 Å². The van der Waals surface area contributed by atoms with E-state index in [2.05, 4.69) is 0 Å². The molecule has 3 rings (SSSR count). The topological polar surface area (TPSA) is 55.6 Å². The van der Waals surface area contributed by atoms with Gasteiger partial charge in [-0.15, -0.1) is 11.3 Å². The molecule has 5 heteroatoms. The highest BCUT2D eigenvalue weighted by molar-refractivity contribution is 7.14. The van der Waals surface area contributed by atoms with Crippen molar-refractivity contribution in [3.63, 3.8) is 0 Å². The van der Waals surface area contributed by atoms with Gasteiger partial charge in [-0.25, -0.2) is 0 Å². The maximum absolute atomic E-state index is 12.5. The molecule has 2 aliphatic heterocycles. The number of nitrogen functional groups attached to an aromatic ring is 1. The van der Waals surface area contributed by atoms with Crippen LogP contribution in [0.3, 0.4) is 0 Å². The van der Waals surface area contributed by atoms with Gasteiger partial charge in [0.15, 0.2) is 0 Å². The Balaban J connectivity index is 1.89. The number of amides is 1. The number of anilines is 1. The molecule has 0 saturated carbocycles. The minimum atomic E-state index is 0.119. The van der Waals surface area contributed by atoms with Gasteiger partial charge in [0.05, 0.1) is 17.2 Å². The lowest BCUT2D eigenvalue weighted by Gasteiger charge is -2.17. The molecule has 0 aromatic carbocycles. The van der Waals surface area contributed by atoms with Crippen molar-refractivity contribution < 1.29 is 9.53 Å². The van der Waals surface area contributed by atoms with Gasteiger partial charge >= 0.3 is 0 Å². The maximum Gasteiger partial charge on any atom is 0.257 e. The molecule has 4 nitrogen and oxygen atoms in total. The summed E-state index contributed by atoms with van der Waals surface area (Å²) >= 11 is 1.48. The molecule has 2 fully saturated rings. The van der Waals surface area contributed by atoms with Crippen molar-refractivity contribution in [1.82, 2.24) is 4.90 Å². The second-order valence-electron chi connectivity index (χ2n) is 4.99. The number of rotatable bonds is 2. The molecule has 2 aliphatic rings. The molecule has 98 valence electrons. The molecular formula is C13H18N2O2S. The van der Waals surface area contributed by atoms with Gasteiger partial charge in [-0.1, -0.05) is 0 Å². The molecule has 0 spiro atoms. The van der Waals surface area contributed by atoms with Crippen molar-refractivity contribution in [2.24, 2.45) is 0 Å². The van der Waals surface area contributed by atoms with Gasteiger partial charge in [0.1, 0.15) is 0 Å². The fraction of sp³-hybridized carbons (Fsp3) is 0.615. The fourth-order valence-electron chi connectivity index (χ4n) is 2.77. The summed E-state index contributed by atoms with van der Waals surface area (Å²) in [5.74, 6) is 0.466. The molecular weight excluding hydrogens is 248 g/mol. The van der Waals surface area contributed by atoms with E-state index in [0.717, 1.165) is 56.7 Å². The van der Waals surface area contributed by atoms with Gasteiger partial charge in [-0.05, 0) is 30.2 Å². The minimum Gasteiger partial charge on any atom is -0.390 e. The van der Waals surface area contributed by atoms with E-state index in [9.17, 15) is 4.79 Å². The number of carbonyl (C=O) groups excluding carboxylic acids is 1. The van der Waals surface area contributed by atoms with Gasteiger partial charge in [0, 0.05) is 25.6 Å². The van der Waals surface area contributed by atoms with Gasteiger partial charge in [0.2, 0.25) is 0 Å². The first-order valence-corrected chi connectivity index (χ1v) is 7.39. The van der Waals surface area contributed by atoms with Gasteiger partial charge < -0.3 is 15.4 Å². The van der Waals surface area contributed by atoms with Crippen molar-refractivity contribution in [2.45, 2.75) is 25.2 Å². The molecule has 3 heterocycles. The molecule has 1 unspecified atom stereocenters. The number of nitrogens with zero attached hydrogens (tertiary/aromatic N) is 1. The Morgan fingerprint density at radius 1 is 1.44 bits per heavy atom. The van der Waals surface area contributed by atoms with Crippen LogP contribution in [-0.4, -0.2) is 37.1 Å². The number of hydrogen-bond donors (Lipinski definition) is 1. The highest BCUT2D eigenvalue weighted by Crippen LogP contribution is 2.36. The zero-order valence-electron chi connectivity index (χ0n) is 10.4. The number of likely N-dealkylation sites (tertiary alicyclic amines) is 1. The summed E-state index contributed by atoms with van der Waals surface area (Å²) in [5, 5.41) is 2.70. The highest BCUT2D eigenvalue weighted by atomic mass is 32.1. The SMILES string of the molecule is Nc1scc(C2CCOC2)c1C(=O)N1CCCC1. The first-order valence-electron chi connectivity index (χ1n) is 6.51. The number of carbonyl (C=O) groups is 1. The lowest BCUT2D eigenvalue weighted by Crippen LogP contribution is -2.29.